The maximum Gasteiger partial charge on any atom is 0.303 e. The molecule has 0 radical (unpaired) electrons. The van der Waals surface area contributed by atoms with Gasteiger partial charge in [0.15, 0.2) is 18.2 Å². The fraction of sp³-hybridized carbons (Fsp3) is 0.413. The zero-order valence-corrected chi connectivity index (χ0v) is 35.4. The molecule has 0 spiro atoms. The Morgan fingerprint density at radius 2 is 1.34 bits per heavy atom. The van der Waals surface area contributed by atoms with Gasteiger partial charge in [0.05, 0.1) is 31.3 Å². The van der Waals surface area contributed by atoms with Crippen LogP contribution in [-0.2, 0) is 76.8 Å². The number of carbonyl (C=O) groups excluding carboxylic acids is 1. The molecule has 2 N–H and O–H groups in total. The summed E-state index contributed by atoms with van der Waals surface area (Å²) in [5, 5.41) is 23.9. The van der Waals surface area contributed by atoms with Crippen molar-refractivity contribution >= 4 is 16.1 Å². The van der Waals surface area contributed by atoms with Crippen molar-refractivity contribution in [3.63, 3.8) is 0 Å². The van der Waals surface area contributed by atoms with Crippen molar-refractivity contribution in [2.45, 2.75) is 106 Å². The SMILES string of the molecule is C=C[C@]1(COS(=O)(=O)c2ccc(C)cc2)O[C@@H](O[C@H]2[C@H](OCc3ccccc3)[C@@H](OCc3ccccc3)[C@@](C)(O)O[C@@H]2COCc2ccccc2)[C@@H](OC(C)=O)[C@@H](OC)[C@@H]1O. The van der Waals surface area contributed by atoms with Crippen LogP contribution in [0.1, 0.15) is 36.1 Å². The van der Waals surface area contributed by atoms with E-state index in [2.05, 4.69) is 6.58 Å². The molecular weight excluding hydrogens is 809 g/mol. The molecule has 61 heavy (non-hydrogen) atoms. The Bertz CT molecular complexity index is 2100. The number of carbonyl (C=O) groups is 1. The van der Waals surface area contributed by atoms with Crippen molar-refractivity contribution in [2.75, 3.05) is 20.3 Å². The van der Waals surface area contributed by atoms with E-state index in [9.17, 15) is 23.4 Å². The van der Waals surface area contributed by atoms with Crippen LogP contribution in [0.15, 0.2) is 133 Å². The topological polar surface area (TPSA) is 175 Å². The molecule has 4 aromatic rings. The van der Waals surface area contributed by atoms with Gasteiger partial charge in [0.25, 0.3) is 10.1 Å². The molecule has 0 amide bonds. The molecule has 10 atom stereocenters. The normalized spacial score (nSPS) is 29.1. The minimum Gasteiger partial charge on any atom is -0.454 e. The van der Waals surface area contributed by atoms with Crippen molar-refractivity contribution in [3.05, 3.63) is 150 Å². The second-order valence-corrected chi connectivity index (χ2v) is 16.8. The molecule has 4 aromatic carbocycles. The van der Waals surface area contributed by atoms with Gasteiger partial charge in [-0.1, -0.05) is 115 Å². The van der Waals surface area contributed by atoms with Gasteiger partial charge in [0.1, 0.15) is 48.8 Å². The Kier molecular flexibility index (Phi) is 15.6. The molecule has 2 aliphatic rings. The third-order valence-corrected chi connectivity index (χ3v) is 11.8. The lowest BCUT2D eigenvalue weighted by atomic mass is 9.86. The lowest BCUT2D eigenvalue weighted by Crippen LogP contribution is -2.70. The summed E-state index contributed by atoms with van der Waals surface area (Å²) < 4.78 is 82.9. The number of rotatable bonds is 19. The fourth-order valence-electron chi connectivity index (χ4n) is 7.34. The molecule has 2 saturated heterocycles. The highest BCUT2D eigenvalue weighted by atomic mass is 32.2. The van der Waals surface area contributed by atoms with Gasteiger partial charge in [-0.2, -0.15) is 8.42 Å². The van der Waals surface area contributed by atoms with Gasteiger partial charge < -0.3 is 48.1 Å². The van der Waals surface area contributed by atoms with Crippen LogP contribution in [0, 0.1) is 6.92 Å². The second kappa shape index (κ2) is 20.7. The van der Waals surface area contributed by atoms with Crippen molar-refractivity contribution < 1.29 is 65.5 Å². The lowest BCUT2D eigenvalue weighted by Gasteiger charge is -2.52. The molecule has 14 nitrogen and oxygen atoms in total. The summed E-state index contributed by atoms with van der Waals surface area (Å²) >= 11 is 0. The van der Waals surface area contributed by atoms with Crippen LogP contribution in [0.2, 0.25) is 0 Å². The first kappa shape index (κ1) is 46.2. The molecule has 6 rings (SSSR count). The first-order valence-electron chi connectivity index (χ1n) is 19.9. The molecule has 0 unspecified atom stereocenters. The largest absolute Gasteiger partial charge is 0.454 e. The van der Waals surface area contributed by atoms with Crippen LogP contribution in [0.4, 0.5) is 0 Å². The van der Waals surface area contributed by atoms with Crippen molar-refractivity contribution in [3.8, 4) is 0 Å². The van der Waals surface area contributed by atoms with E-state index in [0.29, 0.717) is 0 Å². The van der Waals surface area contributed by atoms with Crippen LogP contribution in [-0.4, -0.2) is 105 Å². The number of benzene rings is 4. The smallest absolute Gasteiger partial charge is 0.303 e. The Balaban J connectivity index is 1.39. The molecule has 2 aliphatic heterocycles. The standard InChI is InChI=1S/C46H54O14S/c1-6-46(30-56-61(50,51)36-24-22-31(2)23-25-36)42(48)39(52-5)41(57-32(3)47)44(60-46)58-38-37(29-53-26-33-16-10-7-11-17-33)59-45(4,49)43(55-28-35-20-14-9-15-21-35)40(38)54-27-34-18-12-8-13-19-34/h6-25,37-44,48-49H,1,26-30H2,2-5H3/t37-,38-,39-,40+,41+,42+,43-,44-,45+,46-/m1/s1. The molecule has 0 aliphatic carbocycles. The van der Waals surface area contributed by atoms with E-state index in [1.54, 1.807) is 12.1 Å². The predicted octanol–water partition coefficient (Wildman–Crippen LogP) is 5.17. The maximum atomic E-state index is 13.4. The van der Waals surface area contributed by atoms with E-state index in [-0.39, 0.29) is 31.3 Å². The molecule has 0 aromatic heterocycles. The fourth-order valence-corrected chi connectivity index (χ4v) is 8.29. The first-order valence-corrected chi connectivity index (χ1v) is 21.3. The van der Waals surface area contributed by atoms with Crippen LogP contribution < -0.4 is 0 Å². The van der Waals surface area contributed by atoms with Gasteiger partial charge in [-0.25, -0.2) is 0 Å². The lowest BCUT2D eigenvalue weighted by molar-refractivity contribution is -0.396. The van der Waals surface area contributed by atoms with E-state index in [1.807, 2.05) is 97.9 Å². The molecule has 328 valence electrons. The van der Waals surface area contributed by atoms with E-state index >= 15 is 0 Å². The number of esters is 1. The van der Waals surface area contributed by atoms with Crippen molar-refractivity contribution in [1.82, 2.24) is 0 Å². The highest BCUT2D eigenvalue weighted by Gasteiger charge is 2.60. The minimum atomic E-state index is -4.39. The van der Waals surface area contributed by atoms with Gasteiger partial charge in [-0.15, -0.1) is 6.58 Å². The zero-order valence-electron chi connectivity index (χ0n) is 34.6. The summed E-state index contributed by atoms with van der Waals surface area (Å²) in [4.78, 5) is 12.6. The third-order valence-electron chi connectivity index (χ3n) is 10.6. The number of aryl methyl sites for hydroxylation is 1. The predicted molar refractivity (Wildman–Crippen MR) is 221 cm³/mol. The highest BCUT2D eigenvalue weighted by molar-refractivity contribution is 7.86. The molecular formula is C46H54O14S. The van der Waals surface area contributed by atoms with E-state index < -0.39 is 83.1 Å². The van der Waals surface area contributed by atoms with Crippen molar-refractivity contribution in [1.29, 1.82) is 0 Å². The van der Waals surface area contributed by atoms with Crippen LogP contribution in [0.5, 0.6) is 0 Å². The zero-order chi connectivity index (χ0) is 43.6. The van der Waals surface area contributed by atoms with E-state index in [4.69, 9.17) is 42.1 Å². The van der Waals surface area contributed by atoms with Crippen LogP contribution in [0.25, 0.3) is 0 Å². The van der Waals surface area contributed by atoms with Gasteiger partial charge in [0.2, 0.25) is 0 Å². The average Bonchev–Trinajstić information content (AvgIpc) is 3.25. The molecule has 15 heteroatoms. The number of aliphatic hydroxyl groups is 2. The number of hydrogen-bond acceptors (Lipinski definition) is 14. The molecule has 0 bridgehead atoms. The highest BCUT2D eigenvalue weighted by Crippen LogP contribution is 2.40. The van der Waals surface area contributed by atoms with E-state index in [1.165, 1.54) is 39.2 Å². The van der Waals surface area contributed by atoms with Gasteiger partial charge in [-0.3, -0.25) is 8.98 Å². The molecule has 2 fully saturated rings. The van der Waals surface area contributed by atoms with Gasteiger partial charge >= 0.3 is 5.97 Å². The average molecular weight is 863 g/mol. The Labute approximate surface area is 357 Å². The Morgan fingerprint density at radius 3 is 1.89 bits per heavy atom. The molecule has 0 saturated carbocycles. The number of ether oxygens (including phenoxy) is 8. The number of hydrogen-bond donors (Lipinski definition) is 2. The third kappa shape index (κ3) is 11.6. The van der Waals surface area contributed by atoms with E-state index in [0.717, 1.165) is 22.3 Å². The minimum absolute atomic E-state index is 0.0455. The summed E-state index contributed by atoms with van der Waals surface area (Å²) in [5.74, 6) is -2.74. The quantitative estimate of drug-likeness (QED) is 0.0718. The maximum absolute atomic E-state index is 13.4. The van der Waals surface area contributed by atoms with Gasteiger partial charge in [0, 0.05) is 14.0 Å². The Morgan fingerprint density at radius 1 is 0.787 bits per heavy atom. The monoisotopic (exact) mass is 862 g/mol. The molecule has 2 heterocycles. The first-order chi connectivity index (χ1) is 29.2. The summed E-state index contributed by atoms with van der Waals surface area (Å²) in [5.41, 5.74) is 1.30. The number of aliphatic hydroxyl groups excluding tert-OH is 1. The summed E-state index contributed by atoms with van der Waals surface area (Å²) in [7, 11) is -3.11. The summed E-state index contributed by atoms with van der Waals surface area (Å²) in [6, 6.07) is 34.2. The number of methoxy groups -OCH3 is 1. The second-order valence-electron chi connectivity index (χ2n) is 15.2. The van der Waals surface area contributed by atoms with Gasteiger partial charge in [-0.05, 0) is 42.7 Å². The summed E-state index contributed by atoms with van der Waals surface area (Å²) in [6.45, 7) is 7.68. The Hall–Kier alpha value is -4.36. The van der Waals surface area contributed by atoms with Crippen LogP contribution >= 0.6 is 0 Å². The van der Waals surface area contributed by atoms with Crippen LogP contribution in [0.3, 0.4) is 0 Å². The van der Waals surface area contributed by atoms with Crippen molar-refractivity contribution in [2.24, 2.45) is 0 Å². The summed E-state index contributed by atoms with van der Waals surface area (Å²) in [6.07, 6.45) is -9.64.